The molecule has 1 aromatic carbocycles. The highest BCUT2D eigenvalue weighted by Crippen LogP contribution is 2.09. The van der Waals surface area contributed by atoms with Crippen molar-refractivity contribution in [3.8, 4) is 6.07 Å². The molecule has 0 aliphatic carbocycles. The Balaban J connectivity index is 2.51. The van der Waals surface area contributed by atoms with Crippen LogP contribution in [-0.4, -0.2) is 37.0 Å². The third-order valence-electron chi connectivity index (χ3n) is 2.96. The highest BCUT2D eigenvalue weighted by atomic mass is 16.5. The van der Waals surface area contributed by atoms with Crippen LogP contribution in [0, 0.1) is 18.3 Å². The lowest BCUT2D eigenvalue weighted by atomic mass is 10.1. The SMILES string of the molecule is Cc1ccc(/C=C(\C#N)C(=O)OCC(=O)NCC(=O)NC(C)C)cc1. The number of hydrogen-bond donors (Lipinski definition) is 2. The fraction of sp³-hybridized carbons (Fsp3) is 0.333. The third-order valence-corrected chi connectivity index (χ3v) is 2.96. The zero-order valence-electron chi connectivity index (χ0n) is 14.5. The molecule has 0 saturated heterocycles. The Morgan fingerprint density at radius 1 is 1.20 bits per heavy atom. The molecular weight excluding hydrogens is 322 g/mol. The van der Waals surface area contributed by atoms with Crippen LogP contribution in [-0.2, 0) is 19.1 Å². The molecule has 0 spiro atoms. The molecule has 0 fully saturated rings. The van der Waals surface area contributed by atoms with Gasteiger partial charge >= 0.3 is 5.97 Å². The van der Waals surface area contributed by atoms with Crippen LogP contribution in [0.5, 0.6) is 0 Å². The van der Waals surface area contributed by atoms with Gasteiger partial charge in [0.15, 0.2) is 6.61 Å². The summed E-state index contributed by atoms with van der Waals surface area (Å²) >= 11 is 0. The van der Waals surface area contributed by atoms with E-state index in [9.17, 15) is 14.4 Å². The summed E-state index contributed by atoms with van der Waals surface area (Å²) in [6, 6.07) is 8.94. The number of nitrogens with one attached hydrogen (secondary N) is 2. The Morgan fingerprint density at radius 3 is 2.40 bits per heavy atom. The largest absolute Gasteiger partial charge is 0.451 e. The molecule has 0 aliphatic heterocycles. The molecule has 7 nitrogen and oxygen atoms in total. The summed E-state index contributed by atoms with van der Waals surface area (Å²) in [5, 5.41) is 14.0. The maximum atomic E-state index is 11.9. The van der Waals surface area contributed by atoms with Crippen LogP contribution in [0.2, 0.25) is 0 Å². The molecule has 1 aromatic rings. The first kappa shape index (κ1) is 19.9. The van der Waals surface area contributed by atoms with Gasteiger partial charge in [-0.25, -0.2) is 4.79 Å². The minimum Gasteiger partial charge on any atom is -0.451 e. The lowest BCUT2D eigenvalue weighted by Gasteiger charge is -2.09. The van der Waals surface area contributed by atoms with Gasteiger partial charge in [0.1, 0.15) is 11.6 Å². The van der Waals surface area contributed by atoms with E-state index in [0.717, 1.165) is 5.56 Å². The van der Waals surface area contributed by atoms with E-state index < -0.39 is 18.5 Å². The standard InChI is InChI=1S/C18H21N3O4/c1-12(2)21-16(22)10-20-17(23)11-25-18(24)15(9-19)8-14-6-4-13(3)5-7-14/h4-8,12H,10-11H2,1-3H3,(H,20,23)(H,21,22)/b15-8+. The Morgan fingerprint density at radius 2 is 1.84 bits per heavy atom. The molecule has 25 heavy (non-hydrogen) atoms. The molecule has 0 atom stereocenters. The molecule has 0 bridgehead atoms. The lowest BCUT2D eigenvalue weighted by molar-refractivity contribution is -0.144. The quantitative estimate of drug-likeness (QED) is 0.438. The molecular formula is C18H21N3O4. The summed E-state index contributed by atoms with van der Waals surface area (Å²) < 4.78 is 4.79. The molecule has 2 amide bonds. The summed E-state index contributed by atoms with van der Waals surface area (Å²) in [5.74, 6) is -1.86. The number of rotatable bonds is 7. The molecule has 0 aliphatic rings. The van der Waals surface area contributed by atoms with Gasteiger partial charge in [0.05, 0.1) is 6.54 Å². The molecule has 132 valence electrons. The first-order valence-electron chi connectivity index (χ1n) is 7.73. The van der Waals surface area contributed by atoms with Crippen molar-refractivity contribution in [3.05, 3.63) is 41.0 Å². The van der Waals surface area contributed by atoms with Gasteiger partial charge in [-0.15, -0.1) is 0 Å². The summed E-state index contributed by atoms with van der Waals surface area (Å²) in [7, 11) is 0. The number of ether oxygens (including phenoxy) is 1. The smallest absolute Gasteiger partial charge is 0.349 e. The predicted octanol–water partition coefficient (Wildman–Crippen LogP) is 1.09. The first-order valence-corrected chi connectivity index (χ1v) is 7.73. The summed E-state index contributed by atoms with van der Waals surface area (Å²) in [6.45, 7) is 4.74. The van der Waals surface area contributed by atoms with E-state index in [1.54, 1.807) is 32.0 Å². The second kappa shape index (κ2) is 9.88. The van der Waals surface area contributed by atoms with Crippen molar-refractivity contribution in [2.45, 2.75) is 26.8 Å². The number of hydrogen-bond acceptors (Lipinski definition) is 5. The number of benzene rings is 1. The van der Waals surface area contributed by atoms with Gasteiger partial charge in [0, 0.05) is 6.04 Å². The number of carbonyl (C=O) groups is 3. The minimum absolute atomic E-state index is 0.0349. The van der Waals surface area contributed by atoms with Crippen molar-refractivity contribution < 1.29 is 19.1 Å². The zero-order chi connectivity index (χ0) is 18.8. The molecule has 7 heteroatoms. The van der Waals surface area contributed by atoms with Gasteiger partial charge in [0.2, 0.25) is 5.91 Å². The Hall–Kier alpha value is -3.14. The fourth-order valence-corrected chi connectivity index (χ4v) is 1.78. The van der Waals surface area contributed by atoms with Crippen LogP contribution in [0.1, 0.15) is 25.0 Å². The first-order chi connectivity index (χ1) is 11.8. The summed E-state index contributed by atoms with van der Waals surface area (Å²) in [4.78, 5) is 34.8. The van der Waals surface area contributed by atoms with Gasteiger partial charge in [-0.2, -0.15) is 5.26 Å². The number of esters is 1. The molecule has 0 heterocycles. The van der Waals surface area contributed by atoms with Gasteiger partial charge in [-0.05, 0) is 32.4 Å². The molecule has 0 radical (unpaired) electrons. The van der Waals surface area contributed by atoms with Crippen LogP contribution >= 0.6 is 0 Å². The van der Waals surface area contributed by atoms with E-state index in [4.69, 9.17) is 10.00 Å². The van der Waals surface area contributed by atoms with Crippen LogP contribution < -0.4 is 10.6 Å². The molecule has 2 N–H and O–H groups in total. The average Bonchev–Trinajstić information content (AvgIpc) is 2.56. The van der Waals surface area contributed by atoms with Crippen LogP contribution in [0.15, 0.2) is 29.8 Å². The maximum Gasteiger partial charge on any atom is 0.349 e. The molecule has 0 aromatic heterocycles. The van der Waals surface area contributed by atoms with Crippen molar-refractivity contribution in [1.29, 1.82) is 5.26 Å². The highest BCUT2D eigenvalue weighted by Gasteiger charge is 2.14. The van der Waals surface area contributed by atoms with Gasteiger partial charge in [0.25, 0.3) is 5.91 Å². The topological polar surface area (TPSA) is 108 Å². The number of aryl methyl sites for hydroxylation is 1. The predicted molar refractivity (Wildman–Crippen MR) is 92.0 cm³/mol. The van der Waals surface area contributed by atoms with Crippen LogP contribution in [0.4, 0.5) is 0 Å². The van der Waals surface area contributed by atoms with Crippen molar-refractivity contribution in [3.63, 3.8) is 0 Å². The van der Waals surface area contributed by atoms with Crippen molar-refractivity contribution >= 4 is 23.9 Å². The Labute approximate surface area is 146 Å². The van der Waals surface area contributed by atoms with Gasteiger partial charge in [-0.1, -0.05) is 29.8 Å². The van der Waals surface area contributed by atoms with Crippen LogP contribution in [0.25, 0.3) is 6.08 Å². The van der Waals surface area contributed by atoms with Crippen LogP contribution in [0.3, 0.4) is 0 Å². The molecule has 0 unspecified atom stereocenters. The van der Waals surface area contributed by atoms with E-state index in [1.807, 2.05) is 19.1 Å². The Kier molecular flexibility index (Phi) is 7.87. The number of nitrogens with zero attached hydrogens (tertiary/aromatic N) is 1. The normalized spacial score (nSPS) is 10.8. The van der Waals surface area contributed by atoms with Gasteiger partial charge < -0.3 is 15.4 Å². The fourth-order valence-electron chi connectivity index (χ4n) is 1.78. The van der Waals surface area contributed by atoms with E-state index in [2.05, 4.69) is 10.6 Å². The van der Waals surface area contributed by atoms with Gasteiger partial charge in [-0.3, -0.25) is 9.59 Å². The van der Waals surface area contributed by atoms with E-state index >= 15 is 0 Å². The van der Waals surface area contributed by atoms with Crippen molar-refractivity contribution in [2.75, 3.05) is 13.2 Å². The maximum absolute atomic E-state index is 11.9. The van der Waals surface area contributed by atoms with E-state index in [1.165, 1.54) is 6.08 Å². The Bertz CT molecular complexity index is 700. The van der Waals surface area contributed by atoms with E-state index in [-0.39, 0.29) is 24.1 Å². The van der Waals surface area contributed by atoms with Crippen molar-refractivity contribution in [2.24, 2.45) is 0 Å². The number of amides is 2. The monoisotopic (exact) mass is 343 g/mol. The molecule has 1 rings (SSSR count). The van der Waals surface area contributed by atoms with E-state index in [0.29, 0.717) is 5.56 Å². The summed E-state index contributed by atoms with van der Waals surface area (Å²) in [6.07, 6.45) is 1.38. The number of carbonyl (C=O) groups excluding carboxylic acids is 3. The lowest BCUT2D eigenvalue weighted by Crippen LogP contribution is -2.41. The third kappa shape index (κ3) is 7.79. The average molecular weight is 343 g/mol. The summed E-state index contributed by atoms with van der Waals surface area (Å²) in [5.41, 5.74) is 1.51. The second-order valence-corrected chi connectivity index (χ2v) is 5.66. The molecule has 0 saturated carbocycles. The number of nitriles is 1. The minimum atomic E-state index is -0.898. The zero-order valence-corrected chi connectivity index (χ0v) is 14.5. The van der Waals surface area contributed by atoms with Crippen molar-refractivity contribution in [1.82, 2.24) is 10.6 Å². The second-order valence-electron chi connectivity index (χ2n) is 5.66. The highest BCUT2D eigenvalue weighted by molar-refractivity contribution is 5.99.